The molecule has 1 N–H and O–H groups in total. The summed E-state index contributed by atoms with van der Waals surface area (Å²) in [5, 5.41) is 3.87. The van der Waals surface area contributed by atoms with E-state index in [0.717, 1.165) is 17.9 Å². The molecule has 2 aliphatic rings. The molecule has 0 amide bonds. The summed E-state index contributed by atoms with van der Waals surface area (Å²) < 4.78 is 0. The van der Waals surface area contributed by atoms with Gasteiger partial charge in [0.05, 0.1) is 0 Å². The lowest BCUT2D eigenvalue weighted by atomic mass is 9.69. The quantitative estimate of drug-likeness (QED) is 0.717. The molecular weight excluding hydrogens is 218 g/mol. The zero-order chi connectivity index (χ0) is 13.0. The second kappa shape index (κ2) is 6.41. The third-order valence-corrected chi connectivity index (χ3v) is 5.42. The lowest BCUT2D eigenvalue weighted by Crippen LogP contribution is -2.41. The average molecular weight is 251 g/mol. The van der Waals surface area contributed by atoms with E-state index < -0.39 is 0 Å². The third-order valence-electron chi connectivity index (χ3n) is 5.42. The molecule has 18 heavy (non-hydrogen) atoms. The van der Waals surface area contributed by atoms with Crippen LogP contribution >= 0.6 is 0 Å². The molecule has 0 heterocycles. The Hall–Kier alpha value is -0.0400. The van der Waals surface area contributed by atoms with Crippen molar-refractivity contribution in [1.29, 1.82) is 0 Å². The molecule has 0 aromatic rings. The first-order valence-electron chi connectivity index (χ1n) is 8.34. The van der Waals surface area contributed by atoms with Crippen LogP contribution in [0.15, 0.2) is 0 Å². The highest BCUT2D eigenvalue weighted by atomic mass is 14.9. The van der Waals surface area contributed by atoms with E-state index in [1.54, 1.807) is 0 Å². The summed E-state index contributed by atoms with van der Waals surface area (Å²) in [6.45, 7) is 8.40. The van der Waals surface area contributed by atoms with Gasteiger partial charge < -0.3 is 5.32 Å². The molecular formula is C17H33N. The third kappa shape index (κ3) is 3.98. The molecule has 0 spiro atoms. The van der Waals surface area contributed by atoms with Crippen LogP contribution in [0, 0.1) is 17.3 Å². The van der Waals surface area contributed by atoms with Gasteiger partial charge in [0.1, 0.15) is 0 Å². The van der Waals surface area contributed by atoms with Crippen molar-refractivity contribution in [3.8, 4) is 0 Å². The summed E-state index contributed by atoms with van der Waals surface area (Å²) in [5.74, 6) is 2.01. The second-order valence-corrected chi connectivity index (χ2v) is 7.59. The molecule has 1 heteroatoms. The first-order valence-corrected chi connectivity index (χ1v) is 8.34. The highest BCUT2D eigenvalue weighted by molar-refractivity contribution is 4.87. The summed E-state index contributed by atoms with van der Waals surface area (Å²) in [7, 11) is 0. The predicted octanol–water partition coefficient (Wildman–Crippen LogP) is 4.76. The number of rotatable bonds is 6. The smallest absolute Gasteiger partial charge is 0.00979 e. The van der Waals surface area contributed by atoms with Crippen LogP contribution in [0.1, 0.15) is 78.6 Å². The largest absolute Gasteiger partial charge is 0.314 e. The molecule has 2 fully saturated rings. The summed E-state index contributed by atoms with van der Waals surface area (Å²) >= 11 is 0. The van der Waals surface area contributed by atoms with E-state index in [1.807, 2.05) is 0 Å². The maximum absolute atomic E-state index is 3.87. The molecule has 1 atom stereocenters. The van der Waals surface area contributed by atoms with E-state index >= 15 is 0 Å². The zero-order valence-electron chi connectivity index (χ0n) is 12.8. The monoisotopic (exact) mass is 251 g/mol. The first-order chi connectivity index (χ1) is 8.61. The van der Waals surface area contributed by atoms with E-state index in [1.165, 1.54) is 64.3 Å². The lowest BCUT2D eigenvalue weighted by molar-refractivity contribution is 0.137. The molecule has 0 saturated heterocycles. The molecule has 0 aliphatic heterocycles. The Morgan fingerprint density at radius 1 is 1.11 bits per heavy atom. The van der Waals surface area contributed by atoms with E-state index in [-0.39, 0.29) is 0 Å². The fraction of sp³-hybridized carbons (Fsp3) is 1.00. The number of nitrogens with one attached hydrogen (secondary N) is 1. The minimum atomic E-state index is 0.613. The minimum Gasteiger partial charge on any atom is -0.314 e. The summed E-state index contributed by atoms with van der Waals surface area (Å²) in [5.41, 5.74) is 0.613. The topological polar surface area (TPSA) is 12.0 Å². The van der Waals surface area contributed by atoms with Crippen molar-refractivity contribution in [2.45, 2.75) is 84.6 Å². The van der Waals surface area contributed by atoms with Gasteiger partial charge in [0, 0.05) is 6.04 Å². The van der Waals surface area contributed by atoms with Crippen molar-refractivity contribution >= 4 is 0 Å². The Labute approximate surface area is 114 Å². The van der Waals surface area contributed by atoms with Crippen LogP contribution in [0.5, 0.6) is 0 Å². The van der Waals surface area contributed by atoms with Crippen LogP contribution in [0.4, 0.5) is 0 Å². The predicted molar refractivity (Wildman–Crippen MR) is 79.8 cm³/mol. The van der Waals surface area contributed by atoms with Crippen molar-refractivity contribution in [2.75, 3.05) is 6.54 Å². The fourth-order valence-electron chi connectivity index (χ4n) is 3.68. The van der Waals surface area contributed by atoms with Crippen molar-refractivity contribution < 1.29 is 0 Å². The average Bonchev–Trinajstić information content (AvgIpc) is 2.28. The molecule has 0 bridgehead atoms. The van der Waals surface area contributed by atoms with Crippen LogP contribution in [0.2, 0.25) is 0 Å². The molecule has 0 aromatic carbocycles. The van der Waals surface area contributed by atoms with Gasteiger partial charge in [-0.25, -0.2) is 0 Å². The van der Waals surface area contributed by atoms with Gasteiger partial charge in [-0.05, 0) is 62.3 Å². The SMILES string of the molecule is CCCNC(CC1CCC1)C1CCC(C)(C)CC1. The van der Waals surface area contributed by atoms with Gasteiger partial charge in [-0.15, -0.1) is 0 Å². The van der Waals surface area contributed by atoms with Crippen molar-refractivity contribution in [3.63, 3.8) is 0 Å². The summed E-state index contributed by atoms with van der Waals surface area (Å²) in [4.78, 5) is 0. The standard InChI is InChI=1S/C17H33N/c1-4-12-18-16(13-14-6-5-7-14)15-8-10-17(2,3)11-9-15/h14-16,18H,4-13H2,1-3H3. The second-order valence-electron chi connectivity index (χ2n) is 7.59. The molecule has 2 saturated carbocycles. The van der Waals surface area contributed by atoms with Crippen LogP contribution in [-0.2, 0) is 0 Å². The van der Waals surface area contributed by atoms with Gasteiger partial charge >= 0.3 is 0 Å². The van der Waals surface area contributed by atoms with Crippen LogP contribution in [0.3, 0.4) is 0 Å². The summed E-state index contributed by atoms with van der Waals surface area (Å²) in [6, 6.07) is 0.825. The molecule has 2 aliphatic carbocycles. The van der Waals surface area contributed by atoms with Crippen molar-refractivity contribution in [1.82, 2.24) is 5.32 Å². The maximum Gasteiger partial charge on any atom is 0.00979 e. The summed E-state index contributed by atoms with van der Waals surface area (Å²) in [6.07, 6.45) is 13.0. The van der Waals surface area contributed by atoms with Gasteiger partial charge in [-0.1, -0.05) is 40.0 Å². The van der Waals surface area contributed by atoms with Crippen LogP contribution in [0.25, 0.3) is 0 Å². The Morgan fingerprint density at radius 3 is 2.28 bits per heavy atom. The number of hydrogen-bond acceptors (Lipinski definition) is 1. The molecule has 1 nitrogen and oxygen atoms in total. The first kappa shape index (κ1) is 14.4. The molecule has 0 radical (unpaired) electrons. The molecule has 1 unspecified atom stereocenters. The maximum atomic E-state index is 3.87. The molecule has 2 rings (SSSR count). The van der Waals surface area contributed by atoms with Crippen LogP contribution < -0.4 is 5.32 Å². The Kier molecular flexibility index (Phi) is 5.12. The zero-order valence-corrected chi connectivity index (χ0v) is 12.8. The van der Waals surface area contributed by atoms with E-state index in [4.69, 9.17) is 0 Å². The van der Waals surface area contributed by atoms with Gasteiger partial charge in [0.2, 0.25) is 0 Å². The highest BCUT2D eigenvalue weighted by Crippen LogP contribution is 2.41. The van der Waals surface area contributed by atoms with E-state index in [2.05, 4.69) is 26.1 Å². The molecule has 106 valence electrons. The van der Waals surface area contributed by atoms with Crippen LogP contribution in [-0.4, -0.2) is 12.6 Å². The van der Waals surface area contributed by atoms with Gasteiger partial charge in [-0.3, -0.25) is 0 Å². The Bertz CT molecular complexity index is 232. The highest BCUT2D eigenvalue weighted by Gasteiger charge is 2.33. The normalized spacial score (nSPS) is 26.8. The van der Waals surface area contributed by atoms with Gasteiger partial charge in [0.25, 0.3) is 0 Å². The molecule has 0 aromatic heterocycles. The van der Waals surface area contributed by atoms with Crippen molar-refractivity contribution in [2.24, 2.45) is 17.3 Å². The lowest BCUT2D eigenvalue weighted by Gasteiger charge is -2.40. The minimum absolute atomic E-state index is 0.613. The Balaban J connectivity index is 1.82. The van der Waals surface area contributed by atoms with Crippen molar-refractivity contribution in [3.05, 3.63) is 0 Å². The van der Waals surface area contributed by atoms with Gasteiger partial charge in [0.15, 0.2) is 0 Å². The number of hydrogen-bond donors (Lipinski definition) is 1. The van der Waals surface area contributed by atoms with E-state index in [9.17, 15) is 0 Å². The van der Waals surface area contributed by atoms with E-state index in [0.29, 0.717) is 5.41 Å². The van der Waals surface area contributed by atoms with Gasteiger partial charge in [-0.2, -0.15) is 0 Å². The fourth-order valence-corrected chi connectivity index (χ4v) is 3.68. The Morgan fingerprint density at radius 2 is 1.78 bits per heavy atom.